The summed E-state index contributed by atoms with van der Waals surface area (Å²) >= 11 is 0. The van der Waals surface area contributed by atoms with Gasteiger partial charge in [0.15, 0.2) is 0 Å². The van der Waals surface area contributed by atoms with Gasteiger partial charge in [-0.3, -0.25) is 14.8 Å². The molecule has 1 aromatic heterocycles. The lowest BCUT2D eigenvalue weighted by molar-refractivity contribution is 0.0633. The van der Waals surface area contributed by atoms with E-state index < -0.39 is 0 Å². The van der Waals surface area contributed by atoms with Crippen LogP contribution in [0.2, 0.25) is 0 Å². The molecular weight excluding hydrogens is 310 g/mol. The SMILES string of the molecule is CN(C[C@@H]1CCN(C)[C@H]1c1cccnc1)[C@H]1Cc2ccccc2[C@@H]1O. The Kier molecular flexibility index (Phi) is 4.59. The van der Waals surface area contributed by atoms with Crippen molar-refractivity contribution < 1.29 is 5.11 Å². The van der Waals surface area contributed by atoms with E-state index in [2.05, 4.69) is 53.1 Å². The molecule has 1 fully saturated rings. The molecule has 0 bridgehead atoms. The highest BCUT2D eigenvalue weighted by Gasteiger charge is 2.38. The van der Waals surface area contributed by atoms with E-state index in [1.54, 1.807) is 0 Å². The molecule has 4 rings (SSSR count). The summed E-state index contributed by atoms with van der Waals surface area (Å²) in [5.74, 6) is 0.565. The molecule has 0 amide bonds. The molecule has 2 aromatic rings. The van der Waals surface area contributed by atoms with Crippen LogP contribution in [0.4, 0.5) is 0 Å². The molecule has 4 heteroatoms. The second-order valence-electron chi connectivity index (χ2n) is 7.62. The fourth-order valence-electron chi connectivity index (χ4n) is 4.75. The lowest BCUT2D eigenvalue weighted by Gasteiger charge is -2.33. The third-order valence-corrected chi connectivity index (χ3v) is 6.06. The van der Waals surface area contributed by atoms with Crippen molar-refractivity contribution in [1.82, 2.24) is 14.8 Å². The average Bonchev–Trinajstić information content (AvgIpc) is 3.16. The fourth-order valence-corrected chi connectivity index (χ4v) is 4.75. The van der Waals surface area contributed by atoms with Crippen molar-refractivity contribution in [2.24, 2.45) is 5.92 Å². The molecule has 25 heavy (non-hydrogen) atoms. The Hall–Kier alpha value is -1.75. The van der Waals surface area contributed by atoms with Crippen molar-refractivity contribution in [3.05, 3.63) is 65.5 Å². The van der Waals surface area contributed by atoms with Gasteiger partial charge in [0.2, 0.25) is 0 Å². The number of likely N-dealkylation sites (tertiary alicyclic amines) is 1. The number of hydrogen-bond donors (Lipinski definition) is 1. The Labute approximate surface area is 150 Å². The Morgan fingerprint density at radius 1 is 1.24 bits per heavy atom. The summed E-state index contributed by atoms with van der Waals surface area (Å²) in [4.78, 5) is 9.13. The second-order valence-corrected chi connectivity index (χ2v) is 7.62. The third kappa shape index (κ3) is 3.10. The molecule has 0 spiro atoms. The van der Waals surface area contributed by atoms with Gasteiger partial charge in [0, 0.05) is 31.0 Å². The summed E-state index contributed by atoms with van der Waals surface area (Å²) < 4.78 is 0. The summed E-state index contributed by atoms with van der Waals surface area (Å²) in [6.45, 7) is 2.12. The van der Waals surface area contributed by atoms with Crippen molar-refractivity contribution >= 4 is 0 Å². The first kappa shape index (κ1) is 16.7. The van der Waals surface area contributed by atoms with Crippen LogP contribution in [0.3, 0.4) is 0 Å². The highest BCUT2D eigenvalue weighted by atomic mass is 16.3. The molecule has 4 nitrogen and oxygen atoms in total. The van der Waals surface area contributed by atoms with Crippen molar-refractivity contribution in [3.8, 4) is 0 Å². The van der Waals surface area contributed by atoms with E-state index in [-0.39, 0.29) is 12.1 Å². The summed E-state index contributed by atoms with van der Waals surface area (Å²) in [7, 11) is 4.37. The van der Waals surface area contributed by atoms with Gasteiger partial charge in [-0.1, -0.05) is 30.3 Å². The molecule has 2 heterocycles. The van der Waals surface area contributed by atoms with Crippen LogP contribution in [0.5, 0.6) is 0 Å². The molecule has 4 atom stereocenters. The van der Waals surface area contributed by atoms with Crippen molar-refractivity contribution in [3.63, 3.8) is 0 Å². The van der Waals surface area contributed by atoms with Crippen LogP contribution in [0.1, 0.15) is 35.3 Å². The fraction of sp³-hybridized carbons (Fsp3) is 0.476. The molecular formula is C21H27N3O. The van der Waals surface area contributed by atoms with Crippen LogP contribution in [0.25, 0.3) is 0 Å². The second kappa shape index (κ2) is 6.87. The maximum Gasteiger partial charge on any atom is 0.0950 e. The van der Waals surface area contributed by atoms with Crippen LogP contribution in [-0.4, -0.2) is 53.1 Å². The largest absolute Gasteiger partial charge is 0.387 e. The highest BCUT2D eigenvalue weighted by Crippen LogP contribution is 2.39. The first-order valence-electron chi connectivity index (χ1n) is 9.21. The molecule has 0 unspecified atom stereocenters. The quantitative estimate of drug-likeness (QED) is 0.931. The van der Waals surface area contributed by atoms with Gasteiger partial charge in [0.25, 0.3) is 0 Å². The predicted octanol–water partition coefficient (Wildman–Crippen LogP) is 2.66. The first-order chi connectivity index (χ1) is 12.1. The number of hydrogen-bond acceptors (Lipinski definition) is 4. The van der Waals surface area contributed by atoms with Crippen LogP contribution in [-0.2, 0) is 6.42 Å². The zero-order valence-corrected chi connectivity index (χ0v) is 15.0. The van der Waals surface area contributed by atoms with Crippen LogP contribution in [0, 0.1) is 5.92 Å². The van der Waals surface area contributed by atoms with Gasteiger partial charge in [-0.05, 0) is 62.2 Å². The topological polar surface area (TPSA) is 39.6 Å². The van der Waals surface area contributed by atoms with E-state index in [0.29, 0.717) is 12.0 Å². The molecule has 132 valence electrons. The number of likely N-dealkylation sites (N-methyl/N-ethyl adjacent to an activating group) is 1. The van der Waals surface area contributed by atoms with Gasteiger partial charge in [-0.25, -0.2) is 0 Å². The van der Waals surface area contributed by atoms with Gasteiger partial charge in [-0.15, -0.1) is 0 Å². The molecule has 0 radical (unpaired) electrons. The van der Waals surface area contributed by atoms with Gasteiger partial charge < -0.3 is 5.11 Å². The minimum absolute atomic E-state index is 0.179. The van der Waals surface area contributed by atoms with Gasteiger partial charge in [-0.2, -0.15) is 0 Å². The molecule has 1 aliphatic carbocycles. The Balaban J connectivity index is 1.48. The Morgan fingerprint density at radius 2 is 2.08 bits per heavy atom. The molecule has 2 aliphatic rings. The molecule has 1 aliphatic heterocycles. The number of aliphatic hydroxyl groups excluding tert-OH is 1. The highest BCUT2D eigenvalue weighted by molar-refractivity contribution is 5.35. The number of rotatable bonds is 4. The molecule has 1 aromatic carbocycles. The minimum atomic E-state index is -0.378. The van der Waals surface area contributed by atoms with Crippen LogP contribution >= 0.6 is 0 Å². The van der Waals surface area contributed by atoms with E-state index >= 15 is 0 Å². The summed E-state index contributed by atoms with van der Waals surface area (Å²) in [5.41, 5.74) is 3.70. The number of benzene rings is 1. The number of pyridine rings is 1. The van der Waals surface area contributed by atoms with E-state index in [4.69, 9.17) is 0 Å². The van der Waals surface area contributed by atoms with Crippen molar-refractivity contribution in [2.75, 3.05) is 27.2 Å². The van der Waals surface area contributed by atoms with Gasteiger partial charge in [0.05, 0.1) is 6.10 Å². The Bertz CT molecular complexity index is 720. The first-order valence-corrected chi connectivity index (χ1v) is 9.21. The van der Waals surface area contributed by atoms with Gasteiger partial charge in [0.1, 0.15) is 0 Å². The predicted molar refractivity (Wildman–Crippen MR) is 99.2 cm³/mol. The molecule has 0 saturated carbocycles. The number of aromatic nitrogens is 1. The van der Waals surface area contributed by atoms with Crippen molar-refractivity contribution in [2.45, 2.75) is 31.0 Å². The van der Waals surface area contributed by atoms with Crippen molar-refractivity contribution in [1.29, 1.82) is 0 Å². The van der Waals surface area contributed by atoms with E-state index in [9.17, 15) is 5.11 Å². The van der Waals surface area contributed by atoms with Crippen LogP contribution < -0.4 is 0 Å². The minimum Gasteiger partial charge on any atom is -0.387 e. The number of nitrogens with zero attached hydrogens (tertiary/aromatic N) is 3. The molecule has 1 N–H and O–H groups in total. The number of fused-ring (bicyclic) bond motifs is 1. The van der Waals surface area contributed by atoms with Crippen LogP contribution in [0.15, 0.2) is 48.8 Å². The van der Waals surface area contributed by atoms with E-state index in [1.807, 2.05) is 24.5 Å². The standard InChI is InChI=1S/C21H27N3O/c1-23-11-9-17(20(23)16-7-5-10-22-13-16)14-24(2)19-12-15-6-3-4-8-18(15)21(19)25/h3-8,10,13,17,19-21,25H,9,11-12,14H2,1-2H3/t17-,19-,20-,21-/m0/s1. The third-order valence-electron chi connectivity index (χ3n) is 6.06. The average molecular weight is 337 g/mol. The van der Waals surface area contributed by atoms with Gasteiger partial charge >= 0.3 is 0 Å². The maximum absolute atomic E-state index is 10.8. The summed E-state index contributed by atoms with van der Waals surface area (Å²) in [6, 6.07) is 13.1. The lowest BCUT2D eigenvalue weighted by Crippen LogP contribution is -2.39. The monoisotopic (exact) mass is 337 g/mol. The Morgan fingerprint density at radius 3 is 2.84 bits per heavy atom. The zero-order valence-electron chi connectivity index (χ0n) is 15.0. The summed E-state index contributed by atoms with van der Waals surface area (Å²) in [5, 5.41) is 10.8. The molecule has 1 saturated heterocycles. The lowest BCUT2D eigenvalue weighted by atomic mass is 9.93. The van der Waals surface area contributed by atoms with E-state index in [0.717, 1.165) is 25.1 Å². The van der Waals surface area contributed by atoms with E-state index in [1.165, 1.54) is 17.5 Å². The zero-order chi connectivity index (χ0) is 17.4. The number of aliphatic hydroxyl groups is 1. The summed E-state index contributed by atoms with van der Waals surface area (Å²) in [6.07, 6.45) is 5.59. The maximum atomic E-state index is 10.8. The smallest absolute Gasteiger partial charge is 0.0950 e. The normalized spacial score (nSPS) is 29.3.